The fraction of sp³-hybridized carbons (Fsp3) is 0.400. The van der Waals surface area contributed by atoms with E-state index >= 15 is 0 Å². The van der Waals surface area contributed by atoms with E-state index in [1.807, 2.05) is 25.1 Å². The van der Waals surface area contributed by atoms with Gasteiger partial charge in [0.25, 0.3) is 5.91 Å². The Morgan fingerprint density at radius 1 is 1.58 bits per heavy atom. The highest BCUT2D eigenvalue weighted by Gasteiger charge is 2.23. The molecular formula is C15H17NO3. The highest BCUT2D eigenvalue weighted by Crippen LogP contribution is 2.17. The van der Waals surface area contributed by atoms with Crippen LogP contribution in [0.15, 0.2) is 18.2 Å². The summed E-state index contributed by atoms with van der Waals surface area (Å²) < 4.78 is 5.33. The summed E-state index contributed by atoms with van der Waals surface area (Å²) in [6.45, 7) is 2.41. The summed E-state index contributed by atoms with van der Waals surface area (Å²) in [5.41, 5.74) is 2.52. The number of ether oxygens (including phenoxy) is 1. The van der Waals surface area contributed by atoms with E-state index < -0.39 is 0 Å². The van der Waals surface area contributed by atoms with E-state index in [4.69, 9.17) is 9.84 Å². The van der Waals surface area contributed by atoms with Crippen molar-refractivity contribution in [2.75, 3.05) is 18.5 Å². The molecule has 0 saturated carbocycles. The molecule has 0 radical (unpaired) electrons. The molecule has 0 aliphatic carbocycles. The van der Waals surface area contributed by atoms with Crippen LogP contribution in [0.5, 0.6) is 0 Å². The van der Waals surface area contributed by atoms with Crippen molar-refractivity contribution in [3.63, 3.8) is 0 Å². The molecule has 1 fully saturated rings. The zero-order valence-corrected chi connectivity index (χ0v) is 10.9. The quantitative estimate of drug-likeness (QED) is 0.790. The van der Waals surface area contributed by atoms with Crippen LogP contribution in [0, 0.1) is 18.8 Å². The van der Waals surface area contributed by atoms with E-state index in [-0.39, 0.29) is 18.6 Å². The molecule has 19 heavy (non-hydrogen) atoms. The SMILES string of the molecule is Cc1ccc(NC(=O)C2CCCO2)cc1C#CCO. The van der Waals surface area contributed by atoms with Gasteiger partial charge in [0, 0.05) is 17.9 Å². The Balaban J connectivity index is 2.10. The molecule has 0 aromatic heterocycles. The predicted molar refractivity (Wildman–Crippen MR) is 72.7 cm³/mol. The van der Waals surface area contributed by atoms with Crippen LogP contribution in [-0.4, -0.2) is 30.3 Å². The van der Waals surface area contributed by atoms with Crippen LogP contribution >= 0.6 is 0 Å². The molecule has 2 N–H and O–H groups in total. The third kappa shape index (κ3) is 3.57. The first-order valence-corrected chi connectivity index (χ1v) is 6.33. The highest BCUT2D eigenvalue weighted by atomic mass is 16.5. The fourth-order valence-electron chi connectivity index (χ4n) is 1.98. The number of aryl methyl sites for hydroxylation is 1. The monoisotopic (exact) mass is 259 g/mol. The molecule has 1 aromatic carbocycles. The van der Waals surface area contributed by atoms with Gasteiger partial charge in [-0.15, -0.1) is 0 Å². The molecule has 0 spiro atoms. The van der Waals surface area contributed by atoms with Gasteiger partial charge in [-0.3, -0.25) is 4.79 Å². The molecule has 1 aliphatic rings. The first kappa shape index (κ1) is 13.6. The number of aliphatic hydroxyl groups is 1. The molecule has 2 rings (SSSR count). The van der Waals surface area contributed by atoms with E-state index in [0.717, 1.165) is 24.0 Å². The lowest BCUT2D eigenvalue weighted by molar-refractivity contribution is -0.124. The maximum absolute atomic E-state index is 11.9. The lowest BCUT2D eigenvalue weighted by atomic mass is 10.1. The Morgan fingerprint density at radius 2 is 2.42 bits per heavy atom. The molecule has 0 bridgehead atoms. The Bertz CT molecular complexity index is 522. The van der Waals surface area contributed by atoms with Gasteiger partial charge in [-0.25, -0.2) is 0 Å². The normalized spacial score (nSPS) is 17.7. The summed E-state index contributed by atoms with van der Waals surface area (Å²) in [5.74, 6) is 5.36. The van der Waals surface area contributed by atoms with Gasteiger partial charge < -0.3 is 15.2 Å². The second kappa shape index (κ2) is 6.37. The number of nitrogens with one attached hydrogen (secondary N) is 1. The summed E-state index contributed by atoms with van der Waals surface area (Å²) in [7, 11) is 0. The summed E-state index contributed by atoms with van der Waals surface area (Å²) in [5, 5.41) is 11.6. The largest absolute Gasteiger partial charge is 0.384 e. The van der Waals surface area contributed by atoms with Crippen molar-refractivity contribution in [2.24, 2.45) is 0 Å². The lowest BCUT2D eigenvalue weighted by Gasteiger charge is -2.11. The number of hydrogen-bond acceptors (Lipinski definition) is 3. The summed E-state index contributed by atoms with van der Waals surface area (Å²) in [6, 6.07) is 5.55. The molecule has 1 aromatic rings. The number of carbonyl (C=O) groups excluding carboxylic acids is 1. The van der Waals surface area contributed by atoms with Gasteiger partial charge in [0.05, 0.1) is 0 Å². The molecule has 100 valence electrons. The standard InChI is InChI=1S/C15H17NO3/c1-11-6-7-13(10-12(11)4-2-8-17)16-15(18)14-5-3-9-19-14/h6-7,10,14,17H,3,5,8-9H2,1H3,(H,16,18). The van der Waals surface area contributed by atoms with Crippen molar-refractivity contribution in [3.8, 4) is 11.8 Å². The van der Waals surface area contributed by atoms with E-state index in [1.54, 1.807) is 0 Å². The third-order valence-electron chi connectivity index (χ3n) is 3.03. The van der Waals surface area contributed by atoms with Gasteiger partial charge in [-0.05, 0) is 37.5 Å². The average Bonchev–Trinajstić information content (AvgIpc) is 2.93. The summed E-state index contributed by atoms with van der Waals surface area (Å²) in [6.07, 6.45) is 1.36. The number of benzene rings is 1. The van der Waals surface area contributed by atoms with E-state index in [0.29, 0.717) is 12.3 Å². The lowest BCUT2D eigenvalue weighted by Crippen LogP contribution is -2.26. The van der Waals surface area contributed by atoms with Crippen molar-refractivity contribution in [2.45, 2.75) is 25.9 Å². The van der Waals surface area contributed by atoms with Crippen LogP contribution in [0.3, 0.4) is 0 Å². The minimum absolute atomic E-state index is 0.109. The number of rotatable bonds is 2. The number of aliphatic hydroxyl groups excluding tert-OH is 1. The number of anilines is 1. The average molecular weight is 259 g/mol. The van der Waals surface area contributed by atoms with Crippen LogP contribution in [-0.2, 0) is 9.53 Å². The molecule has 4 nitrogen and oxygen atoms in total. The highest BCUT2D eigenvalue weighted by molar-refractivity contribution is 5.94. The maximum atomic E-state index is 11.9. The first-order chi connectivity index (χ1) is 9.20. The van der Waals surface area contributed by atoms with E-state index in [9.17, 15) is 4.79 Å². The minimum atomic E-state index is -0.340. The van der Waals surface area contributed by atoms with E-state index in [2.05, 4.69) is 17.2 Å². The summed E-state index contributed by atoms with van der Waals surface area (Å²) >= 11 is 0. The minimum Gasteiger partial charge on any atom is -0.384 e. The van der Waals surface area contributed by atoms with Crippen molar-refractivity contribution >= 4 is 11.6 Å². The Kier molecular flexibility index (Phi) is 4.56. The molecule has 1 atom stereocenters. The smallest absolute Gasteiger partial charge is 0.253 e. The first-order valence-electron chi connectivity index (χ1n) is 6.33. The molecule has 4 heteroatoms. The zero-order valence-electron chi connectivity index (χ0n) is 10.9. The molecule has 1 saturated heterocycles. The van der Waals surface area contributed by atoms with Gasteiger partial charge in [0.1, 0.15) is 12.7 Å². The van der Waals surface area contributed by atoms with Crippen molar-refractivity contribution in [1.29, 1.82) is 0 Å². The Hall–Kier alpha value is -1.83. The van der Waals surface area contributed by atoms with Crippen molar-refractivity contribution in [1.82, 2.24) is 0 Å². The van der Waals surface area contributed by atoms with Crippen LogP contribution in [0.4, 0.5) is 5.69 Å². The van der Waals surface area contributed by atoms with Gasteiger partial charge in [0.2, 0.25) is 0 Å². The molecular weight excluding hydrogens is 242 g/mol. The predicted octanol–water partition coefficient (Wildman–Crippen LogP) is 1.46. The fourth-order valence-corrected chi connectivity index (χ4v) is 1.98. The second-order valence-corrected chi connectivity index (χ2v) is 4.48. The van der Waals surface area contributed by atoms with Crippen LogP contribution in [0.2, 0.25) is 0 Å². The molecule has 1 aliphatic heterocycles. The molecule has 1 heterocycles. The molecule has 1 amide bonds. The van der Waals surface area contributed by atoms with Crippen LogP contribution in [0.1, 0.15) is 24.0 Å². The molecule has 1 unspecified atom stereocenters. The van der Waals surface area contributed by atoms with Crippen molar-refractivity contribution in [3.05, 3.63) is 29.3 Å². The second-order valence-electron chi connectivity index (χ2n) is 4.48. The van der Waals surface area contributed by atoms with Crippen molar-refractivity contribution < 1.29 is 14.6 Å². The number of hydrogen-bond donors (Lipinski definition) is 2. The van der Waals surface area contributed by atoms with Crippen LogP contribution < -0.4 is 5.32 Å². The van der Waals surface area contributed by atoms with Gasteiger partial charge in [-0.1, -0.05) is 17.9 Å². The third-order valence-corrected chi connectivity index (χ3v) is 3.03. The summed E-state index contributed by atoms with van der Waals surface area (Å²) in [4.78, 5) is 11.9. The van der Waals surface area contributed by atoms with Gasteiger partial charge in [0.15, 0.2) is 0 Å². The number of carbonyl (C=O) groups is 1. The Labute approximate surface area is 112 Å². The maximum Gasteiger partial charge on any atom is 0.253 e. The Morgan fingerprint density at radius 3 is 3.11 bits per heavy atom. The zero-order chi connectivity index (χ0) is 13.7. The van der Waals surface area contributed by atoms with Crippen LogP contribution in [0.25, 0.3) is 0 Å². The topological polar surface area (TPSA) is 58.6 Å². The van der Waals surface area contributed by atoms with Gasteiger partial charge in [-0.2, -0.15) is 0 Å². The van der Waals surface area contributed by atoms with E-state index in [1.165, 1.54) is 0 Å². The number of amides is 1. The van der Waals surface area contributed by atoms with Gasteiger partial charge >= 0.3 is 0 Å².